The third kappa shape index (κ3) is 5.28. The van der Waals surface area contributed by atoms with Crippen LogP contribution in [0.4, 0.5) is 13.2 Å². The van der Waals surface area contributed by atoms with Gasteiger partial charge in [-0.2, -0.15) is 13.2 Å². The van der Waals surface area contributed by atoms with Crippen molar-refractivity contribution in [3.8, 4) is 16.9 Å². The summed E-state index contributed by atoms with van der Waals surface area (Å²) < 4.78 is 43.4. The van der Waals surface area contributed by atoms with Crippen molar-refractivity contribution in [2.24, 2.45) is 11.8 Å². The molecule has 0 radical (unpaired) electrons. The van der Waals surface area contributed by atoms with Crippen molar-refractivity contribution in [3.63, 3.8) is 0 Å². The van der Waals surface area contributed by atoms with Crippen molar-refractivity contribution in [2.75, 3.05) is 6.61 Å². The summed E-state index contributed by atoms with van der Waals surface area (Å²) in [5.74, 6) is -1.53. The number of aliphatic carboxylic acids is 1. The topological polar surface area (TPSA) is 46.5 Å². The van der Waals surface area contributed by atoms with E-state index in [1.807, 2.05) is 26.0 Å². The standard InChI is InChI=1S/C23H24ClF3O3/c1-3-17(14-8-9-14)20(22(28)29)16-10-18(15-6-4-13(2)5-7-15)21(19(24)11-16)30-12-23(25,26)27/h4-7,10-11,14,17,20H,3,8-9,12H2,1-2H3,(H,28,29). The highest BCUT2D eigenvalue weighted by molar-refractivity contribution is 6.32. The molecule has 0 bridgehead atoms. The van der Waals surface area contributed by atoms with Crippen LogP contribution in [-0.2, 0) is 4.79 Å². The normalized spacial score (nSPS) is 16.2. The first kappa shape index (κ1) is 22.5. The number of hydrogen-bond acceptors (Lipinski definition) is 2. The summed E-state index contributed by atoms with van der Waals surface area (Å²) in [6.07, 6.45) is -1.83. The van der Waals surface area contributed by atoms with Gasteiger partial charge in [0.15, 0.2) is 6.61 Å². The van der Waals surface area contributed by atoms with Gasteiger partial charge in [0.05, 0.1) is 10.9 Å². The molecule has 0 saturated heterocycles. The van der Waals surface area contributed by atoms with E-state index >= 15 is 0 Å². The molecule has 1 fully saturated rings. The first-order chi connectivity index (χ1) is 14.1. The number of halogens is 4. The minimum absolute atomic E-state index is 0.0239. The Bertz CT molecular complexity index is 905. The summed E-state index contributed by atoms with van der Waals surface area (Å²) in [6.45, 7) is 2.38. The Kier molecular flexibility index (Phi) is 6.65. The van der Waals surface area contributed by atoms with Crippen LogP contribution < -0.4 is 4.74 Å². The van der Waals surface area contributed by atoms with Crippen molar-refractivity contribution in [1.82, 2.24) is 0 Å². The molecule has 2 unspecified atom stereocenters. The first-order valence-electron chi connectivity index (χ1n) is 9.93. The van der Waals surface area contributed by atoms with Gasteiger partial charge in [0, 0.05) is 5.56 Å². The number of aryl methyl sites for hydroxylation is 1. The molecule has 162 valence electrons. The molecule has 0 aliphatic heterocycles. The zero-order chi connectivity index (χ0) is 22.1. The molecule has 1 saturated carbocycles. The van der Waals surface area contributed by atoms with E-state index in [9.17, 15) is 23.1 Å². The third-order valence-corrected chi connectivity index (χ3v) is 5.84. The highest BCUT2D eigenvalue weighted by atomic mass is 35.5. The van der Waals surface area contributed by atoms with E-state index in [0.717, 1.165) is 18.4 Å². The van der Waals surface area contributed by atoms with Crippen molar-refractivity contribution in [2.45, 2.75) is 45.2 Å². The van der Waals surface area contributed by atoms with Gasteiger partial charge in [-0.15, -0.1) is 0 Å². The largest absolute Gasteiger partial charge is 0.482 e. The zero-order valence-corrected chi connectivity index (χ0v) is 17.6. The van der Waals surface area contributed by atoms with Gasteiger partial charge in [0.1, 0.15) is 5.75 Å². The van der Waals surface area contributed by atoms with Crippen molar-refractivity contribution < 1.29 is 27.8 Å². The monoisotopic (exact) mass is 440 g/mol. The lowest BCUT2D eigenvalue weighted by Gasteiger charge is -2.25. The number of carboxylic acids is 1. The second-order valence-corrected chi connectivity index (χ2v) is 8.28. The average molecular weight is 441 g/mol. The van der Waals surface area contributed by atoms with Crippen molar-refractivity contribution in [3.05, 3.63) is 52.5 Å². The smallest absolute Gasteiger partial charge is 0.422 e. The van der Waals surface area contributed by atoms with Crippen LogP contribution in [0, 0.1) is 18.8 Å². The van der Waals surface area contributed by atoms with Crippen LogP contribution in [-0.4, -0.2) is 23.9 Å². The van der Waals surface area contributed by atoms with Crippen LogP contribution in [0.3, 0.4) is 0 Å². The molecule has 0 aromatic heterocycles. The van der Waals surface area contributed by atoms with Crippen LogP contribution in [0.15, 0.2) is 36.4 Å². The van der Waals surface area contributed by atoms with E-state index in [0.29, 0.717) is 29.0 Å². The Morgan fingerprint density at radius 2 is 1.87 bits per heavy atom. The number of hydrogen-bond donors (Lipinski definition) is 1. The van der Waals surface area contributed by atoms with Gasteiger partial charge in [-0.3, -0.25) is 4.79 Å². The fourth-order valence-corrected chi connectivity index (χ4v) is 4.26. The molecule has 7 heteroatoms. The summed E-state index contributed by atoms with van der Waals surface area (Å²) in [5, 5.41) is 9.93. The molecule has 30 heavy (non-hydrogen) atoms. The SMILES string of the molecule is CCC(C1CC1)C(C(=O)O)c1cc(Cl)c(OCC(F)(F)F)c(-c2ccc(C)cc2)c1. The van der Waals surface area contributed by atoms with E-state index in [-0.39, 0.29) is 16.7 Å². The lowest BCUT2D eigenvalue weighted by atomic mass is 9.80. The van der Waals surface area contributed by atoms with E-state index in [2.05, 4.69) is 0 Å². The van der Waals surface area contributed by atoms with Crippen molar-refractivity contribution >= 4 is 17.6 Å². The molecular formula is C23H24ClF3O3. The van der Waals surface area contributed by atoms with E-state index in [1.165, 1.54) is 6.07 Å². The molecule has 1 aliphatic rings. The lowest BCUT2D eigenvalue weighted by molar-refractivity contribution is -0.153. The van der Waals surface area contributed by atoms with Gasteiger partial charge in [-0.1, -0.05) is 54.8 Å². The number of rotatable bonds is 8. The fourth-order valence-electron chi connectivity index (χ4n) is 3.98. The maximum Gasteiger partial charge on any atom is 0.422 e. The van der Waals surface area contributed by atoms with Crippen LogP contribution in [0.2, 0.25) is 5.02 Å². The highest BCUT2D eigenvalue weighted by Gasteiger charge is 2.40. The molecular weight excluding hydrogens is 417 g/mol. The highest BCUT2D eigenvalue weighted by Crippen LogP contribution is 2.48. The summed E-state index contributed by atoms with van der Waals surface area (Å²) in [7, 11) is 0. The number of carboxylic acid groups (broad SMARTS) is 1. The minimum atomic E-state index is -4.52. The maximum atomic E-state index is 12.8. The van der Waals surface area contributed by atoms with Gasteiger partial charge >= 0.3 is 12.1 Å². The maximum absolute atomic E-state index is 12.8. The van der Waals surface area contributed by atoms with Gasteiger partial charge in [-0.05, 0) is 54.9 Å². The Morgan fingerprint density at radius 3 is 2.37 bits per heavy atom. The molecule has 2 aromatic rings. The van der Waals surface area contributed by atoms with Crippen LogP contribution in [0.5, 0.6) is 5.75 Å². The number of carbonyl (C=O) groups is 1. The van der Waals surface area contributed by atoms with Crippen molar-refractivity contribution in [1.29, 1.82) is 0 Å². The zero-order valence-electron chi connectivity index (χ0n) is 16.8. The third-order valence-electron chi connectivity index (χ3n) is 5.56. The average Bonchev–Trinajstić information content (AvgIpc) is 3.49. The lowest BCUT2D eigenvalue weighted by Crippen LogP contribution is -2.23. The second kappa shape index (κ2) is 8.88. The molecule has 0 spiro atoms. The summed E-state index contributed by atoms with van der Waals surface area (Å²) in [4.78, 5) is 12.2. The van der Waals surface area contributed by atoms with Crippen LogP contribution in [0.1, 0.15) is 43.2 Å². The number of alkyl halides is 3. The Balaban J connectivity index is 2.11. The summed E-state index contributed by atoms with van der Waals surface area (Å²) in [5.41, 5.74) is 2.45. The molecule has 1 aliphatic carbocycles. The number of ether oxygens (including phenoxy) is 1. The van der Waals surface area contributed by atoms with Gasteiger partial charge in [0.2, 0.25) is 0 Å². The molecule has 2 aromatic carbocycles. The predicted molar refractivity (Wildman–Crippen MR) is 110 cm³/mol. The van der Waals surface area contributed by atoms with E-state index in [1.54, 1.807) is 18.2 Å². The van der Waals surface area contributed by atoms with Gasteiger partial charge in [0.25, 0.3) is 0 Å². The molecule has 3 rings (SSSR count). The van der Waals surface area contributed by atoms with Crippen LogP contribution in [0.25, 0.3) is 11.1 Å². The predicted octanol–water partition coefficient (Wildman–Crippen LogP) is 6.86. The Labute approximate surface area is 178 Å². The molecule has 1 N–H and O–H groups in total. The fraction of sp³-hybridized carbons (Fsp3) is 0.435. The first-order valence-corrected chi connectivity index (χ1v) is 10.3. The van der Waals surface area contributed by atoms with E-state index in [4.69, 9.17) is 16.3 Å². The molecule has 3 nitrogen and oxygen atoms in total. The summed E-state index contributed by atoms with van der Waals surface area (Å²) >= 11 is 6.35. The second-order valence-electron chi connectivity index (χ2n) is 7.87. The minimum Gasteiger partial charge on any atom is -0.482 e. The van der Waals surface area contributed by atoms with Gasteiger partial charge in [-0.25, -0.2) is 0 Å². The van der Waals surface area contributed by atoms with Gasteiger partial charge < -0.3 is 9.84 Å². The molecule has 0 amide bonds. The number of benzene rings is 2. The summed E-state index contributed by atoms with van der Waals surface area (Å²) in [6, 6.07) is 10.2. The Hall–Kier alpha value is -2.21. The van der Waals surface area contributed by atoms with Crippen LogP contribution >= 0.6 is 11.6 Å². The Morgan fingerprint density at radius 1 is 1.23 bits per heavy atom. The molecule has 0 heterocycles. The quantitative estimate of drug-likeness (QED) is 0.487. The van der Waals surface area contributed by atoms with E-state index < -0.39 is 24.7 Å². The molecule has 2 atom stereocenters.